The van der Waals surface area contributed by atoms with Crippen molar-refractivity contribution in [2.45, 2.75) is 19.1 Å². The van der Waals surface area contributed by atoms with Crippen molar-refractivity contribution in [3.8, 4) is 5.75 Å². The van der Waals surface area contributed by atoms with Gasteiger partial charge in [-0.2, -0.15) is 0 Å². The van der Waals surface area contributed by atoms with Gasteiger partial charge in [-0.25, -0.2) is 0 Å². The predicted octanol–water partition coefficient (Wildman–Crippen LogP) is 2.53. The summed E-state index contributed by atoms with van der Waals surface area (Å²) in [6.45, 7) is 0.456. The fourth-order valence-electron chi connectivity index (χ4n) is 2.05. The maximum Gasteiger partial charge on any atom is 0.237 e. The summed E-state index contributed by atoms with van der Waals surface area (Å²) in [4.78, 5) is 11.4. The van der Waals surface area contributed by atoms with Gasteiger partial charge in [0.1, 0.15) is 12.4 Å². The van der Waals surface area contributed by atoms with Crippen LogP contribution in [0.4, 0.5) is 0 Å². The highest BCUT2D eigenvalue weighted by molar-refractivity contribution is 6.30. The molecular weight excluding hydrogens is 300 g/mol. The largest absolute Gasteiger partial charge is 0.489 e. The third kappa shape index (κ3) is 4.76. The molecule has 4 nitrogen and oxygen atoms in total. The van der Waals surface area contributed by atoms with Crippen molar-refractivity contribution in [3.63, 3.8) is 0 Å². The fourth-order valence-corrected chi connectivity index (χ4v) is 2.26. The molecule has 22 heavy (non-hydrogen) atoms. The Morgan fingerprint density at radius 2 is 1.95 bits per heavy atom. The van der Waals surface area contributed by atoms with Gasteiger partial charge in [0.15, 0.2) is 0 Å². The average Bonchev–Trinajstić information content (AvgIpc) is 2.53. The van der Waals surface area contributed by atoms with Crippen LogP contribution in [0.15, 0.2) is 48.5 Å². The zero-order valence-corrected chi connectivity index (χ0v) is 13.1. The molecule has 0 radical (unpaired) electrons. The minimum Gasteiger partial charge on any atom is -0.489 e. The summed E-state index contributed by atoms with van der Waals surface area (Å²) in [5, 5.41) is 3.23. The SMILES string of the molecule is CNC(=O)C(N)Cc1ccc(OCc2cccc(Cl)c2)cc1. The number of benzene rings is 2. The molecule has 2 aromatic rings. The highest BCUT2D eigenvalue weighted by Gasteiger charge is 2.11. The molecule has 1 unspecified atom stereocenters. The summed E-state index contributed by atoms with van der Waals surface area (Å²) in [7, 11) is 1.58. The summed E-state index contributed by atoms with van der Waals surface area (Å²) in [6.07, 6.45) is 0.494. The Morgan fingerprint density at radius 1 is 1.23 bits per heavy atom. The molecule has 5 heteroatoms. The second kappa shape index (κ2) is 7.82. The summed E-state index contributed by atoms with van der Waals surface area (Å²) in [5.41, 5.74) is 7.79. The third-order valence-corrected chi connectivity index (χ3v) is 3.49. The minimum atomic E-state index is -0.539. The van der Waals surface area contributed by atoms with Crippen LogP contribution in [0, 0.1) is 0 Å². The number of likely N-dealkylation sites (N-methyl/N-ethyl adjacent to an activating group) is 1. The number of hydrogen-bond acceptors (Lipinski definition) is 3. The molecule has 1 atom stereocenters. The number of hydrogen-bond donors (Lipinski definition) is 2. The molecule has 0 spiro atoms. The Hall–Kier alpha value is -2.04. The van der Waals surface area contributed by atoms with Crippen molar-refractivity contribution in [2.75, 3.05) is 7.05 Å². The normalized spacial score (nSPS) is 11.8. The monoisotopic (exact) mass is 318 g/mol. The maximum absolute atomic E-state index is 11.4. The van der Waals surface area contributed by atoms with Crippen LogP contribution in [0.25, 0.3) is 0 Å². The Morgan fingerprint density at radius 3 is 2.59 bits per heavy atom. The van der Waals surface area contributed by atoms with E-state index in [1.807, 2.05) is 48.5 Å². The van der Waals surface area contributed by atoms with Gasteiger partial charge in [0.2, 0.25) is 5.91 Å². The molecule has 116 valence electrons. The number of carbonyl (C=O) groups excluding carboxylic acids is 1. The third-order valence-electron chi connectivity index (χ3n) is 3.26. The fraction of sp³-hybridized carbons (Fsp3) is 0.235. The molecule has 0 bridgehead atoms. The number of ether oxygens (including phenoxy) is 1. The lowest BCUT2D eigenvalue weighted by molar-refractivity contribution is -0.121. The smallest absolute Gasteiger partial charge is 0.237 e. The molecule has 2 aromatic carbocycles. The number of nitrogens with two attached hydrogens (primary N) is 1. The van der Waals surface area contributed by atoms with E-state index in [4.69, 9.17) is 22.1 Å². The van der Waals surface area contributed by atoms with Crippen LogP contribution in [-0.4, -0.2) is 19.0 Å². The summed E-state index contributed by atoms with van der Waals surface area (Å²) >= 11 is 5.93. The molecule has 2 rings (SSSR count). The highest BCUT2D eigenvalue weighted by atomic mass is 35.5. The number of halogens is 1. The van der Waals surface area contributed by atoms with E-state index in [1.165, 1.54) is 0 Å². The van der Waals surface area contributed by atoms with E-state index in [0.29, 0.717) is 18.1 Å². The molecule has 0 aliphatic heterocycles. The zero-order chi connectivity index (χ0) is 15.9. The zero-order valence-electron chi connectivity index (χ0n) is 12.4. The molecule has 0 heterocycles. The number of amides is 1. The van der Waals surface area contributed by atoms with Gasteiger partial charge in [-0.3, -0.25) is 4.79 Å². The molecule has 0 aromatic heterocycles. The van der Waals surface area contributed by atoms with E-state index in [9.17, 15) is 4.79 Å². The molecule has 0 fully saturated rings. The lowest BCUT2D eigenvalue weighted by Gasteiger charge is -2.11. The minimum absolute atomic E-state index is 0.165. The van der Waals surface area contributed by atoms with Crippen LogP contribution in [-0.2, 0) is 17.8 Å². The van der Waals surface area contributed by atoms with Crippen molar-refractivity contribution < 1.29 is 9.53 Å². The van der Waals surface area contributed by atoms with Crippen molar-refractivity contribution in [1.82, 2.24) is 5.32 Å². The summed E-state index contributed by atoms with van der Waals surface area (Å²) < 4.78 is 5.71. The standard InChI is InChI=1S/C17H19ClN2O2/c1-20-17(21)16(19)10-12-5-7-15(8-6-12)22-11-13-3-2-4-14(18)9-13/h2-9,16H,10-11,19H2,1H3,(H,20,21). The van der Waals surface area contributed by atoms with Gasteiger partial charge >= 0.3 is 0 Å². The van der Waals surface area contributed by atoms with Gasteiger partial charge in [-0.05, 0) is 41.8 Å². The molecule has 0 aliphatic rings. The molecule has 0 saturated carbocycles. The first kappa shape index (κ1) is 16.3. The second-order valence-electron chi connectivity index (χ2n) is 4.99. The van der Waals surface area contributed by atoms with E-state index in [2.05, 4.69) is 5.32 Å². The van der Waals surface area contributed by atoms with Crippen molar-refractivity contribution in [3.05, 3.63) is 64.7 Å². The molecular formula is C17H19ClN2O2. The lowest BCUT2D eigenvalue weighted by Crippen LogP contribution is -2.40. The van der Waals surface area contributed by atoms with Gasteiger partial charge < -0.3 is 15.8 Å². The topological polar surface area (TPSA) is 64.4 Å². The van der Waals surface area contributed by atoms with E-state index < -0.39 is 6.04 Å². The number of nitrogens with one attached hydrogen (secondary N) is 1. The van der Waals surface area contributed by atoms with E-state index in [1.54, 1.807) is 7.05 Å². The van der Waals surface area contributed by atoms with Crippen LogP contribution < -0.4 is 15.8 Å². The molecule has 3 N–H and O–H groups in total. The van der Waals surface area contributed by atoms with Gasteiger partial charge in [0.05, 0.1) is 6.04 Å². The van der Waals surface area contributed by atoms with E-state index >= 15 is 0 Å². The van der Waals surface area contributed by atoms with Gasteiger partial charge in [0, 0.05) is 12.1 Å². The van der Waals surface area contributed by atoms with Crippen molar-refractivity contribution in [1.29, 1.82) is 0 Å². The van der Waals surface area contributed by atoms with Crippen molar-refractivity contribution >= 4 is 17.5 Å². The highest BCUT2D eigenvalue weighted by Crippen LogP contribution is 2.16. The second-order valence-corrected chi connectivity index (χ2v) is 5.42. The molecule has 0 saturated heterocycles. The van der Waals surface area contributed by atoms with Crippen LogP contribution in [0.3, 0.4) is 0 Å². The Bertz CT molecular complexity index is 629. The van der Waals surface area contributed by atoms with Gasteiger partial charge in [-0.15, -0.1) is 0 Å². The summed E-state index contributed by atoms with van der Waals surface area (Å²) in [5.74, 6) is 0.596. The van der Waals surface area contributed by atoms with Crippen molar-refractivity contribution in [2.24, 2.45) is 5.73 Å². The first-order valence-corrected chi connectivity index (χ1v) is 7.39. The van der Waals surface area contributed by atoms with E-state index in [0.717, 1.165) is 16.9 Å². The average molecular weight is 319 g/mol. The first-order valence-electron chi connectivity index (χ1n) is 7.02. The summed E-state index contributed by atoms with van der Waals surface area (Å²) in [6, 6.07) is 14.6. The Labute approximate surface area is 135 Å². The molecule has 1 amide bonds. The molecule has 0 aliphatic carbocycles. The Balaban J connectivity index is 1.90. The van der Waals surface area contributed by atoms with E-state index in [-0.39, 0.29) is 5.91 Å². The quantitative estimate of drug-likeness (QED) is 0.860. The number of carbonyl (C=O) groups is 1. The number of rotatable bonds is 6. The van der Waals surface area contributed by atoms with Crippen LogP contribution >= 0.6 is 11.6 Å². The van der Waals surface area contributed by atoms with Crippen LogP contribution in [0.1, 0.15) is 11.1 Å². The lowest BCUT2D eigenvalue weighted by atomic mass is 10.1. The van der Waals surface area contributed by atoms with Gasteiger partial charge in [0.25, 0.3) is 0 Å². The first-order chi connectivity index (χ1) is 10.6. The maximum atomic E-state index is 11.4. The van der Waals surface area contributed by atoms with Crippen LogP contribution in [0.2, 0.25) is 5.02 Å². The van der Waals surface area contributed by atoms with Gasteiger partial charge in [-0.1, -0.05) is 35.9 Å². The Kier molecular flexibility index (Phi) is 5.81. The van der Waals surface area contributed by atoms with Crippen LogP contribution in [0.5, 0.6) is 5.75 Å². The predicted molar refractivity (Wildman–Crippen MR) is 88.0 cm³/mol.